The fraction of sp³-hybridized carbons (Fsp3) is 0.320. The van der Waals surface area contributed by atoms with Crippen LogP contribution in [0.1, 0.15) is 37.3 Å². The summed E-state index contributed by atoms with van der Waals surface area (Å²) in [5, 5.41) is 16.9. The van der Waals surface area contributed by atoms with E-state index in [1.54, 1.807) is 18.5 Å². The molecular formula is C25H27N7O2S2. The molecule has 0 aromatic carbocycles. The second kappa shape index (κ2) is 10.4. The summed E-state index contributed by atoms with van der Waals surface area (Å²) in [4.78, 5) is 9.59. The zero-order valence-corrected chi connectivity index (χ0v) is 22.0. The Labute approximate surface area is 216 Å². The van der Waals surface area contributed by atoms with Crippen molar-refractivity contribution in [1.29, 1.82) is 5.26 Å². The van der Waals surface area contributed by atoms with Crippen LogP contribution in [0.15, 0.2) is 45.5 Å². The number of fused-ring (bicyclic) bond motifs is 1. The van der Waals surface area contributed by atoms with Crippen molar-refractivity contribution in [3.05, 3.63) is 53.9 Å². The highest BCUT2D eigenvalue weighted by Gasteiger charge is 2.20. The van der Waals surface area contributed by atoms with Gasteiger partial charge in [-0.15, -0.1) is 11.3 Å². The molecule has 0 bridgehead atoms. The average Bonchev–Trinajstić information content (AvgIpc) is 3.63. The van der Waals surface area contributed by atoms with Gasteiger partial charge in [0.1, 0.15) is 27.5 Å². The molecule has 0 amide bonds. The van der Waals surface area contributed by atoms with Gasteiger partial charge in [0, 0.05) is 37.5 Å². The molecule has 0 spiro atoms. The van der Waals surface area contributed by atoms with E-state index < -0.39 is 11.0 Å². The van der Waals surface area contributed by atoms with E-state index in [1.807, 2.05) is 47.8 Å². The Hall–Kier alpha value is -3.30. The van der Waals surface area contributed by atoms with Crippen LogP contribution in [-0.4, -0.2) is 49.1 Å². The van der Waals surface area contributed by atoms with E-state index in [0.29, 0.717) is 11.5 Å². The first-order valence-electron chi connectivity index (χ1n) is 11.8. The number of anilines is 2. The van der Waals surface area contributed by atoms with Crippen LogP contribution in [-0.2, 0) is 11.0 Å². The van der Waals surface area contributed by atoms with Gasteiger partial charge < -0.3 is 15.1 Å². The summed E-state index contributed by atoms with van der Waals surface area (Å²) >= 11 is 1.47. The van der Waals surface area contributed by atoms with Gasteiger partial charge in [0.15, 0.2) is 11.5 Å². The smallest absolute Gasteiger partial charge is 0.203 e. The Bertz CT molecular complexity index is 1500. The lowest BCUT2D eigenvalue weighted by Gasteiger charge is -2.16. The molecule has 4 aromatic heterocycles. The Balaban J connectivity index is 1.59. The molecule has 5 heterocycles. The predicted octanol–water partition coefficient (Wildman–Crippen LogP) is 4.72. The SMILES string of the molecule is CCN(CC)S(=O)c1sc(Nc2nc(C3=CCCNC3)cn3c(-c4coc(C#N)c4)cnc23)cc1C. The molecule has 1 unspecified atom stereocenters. The minimum Gasteiger partial charge on any atom is -0.453 e. The van der Waals surface area contributed by atoms with Crippen molar-refractivity contribution < 1.29 is 8.63 Å². The number of furan rings is 1. The van der Waals surface area contributed by atoms with Gasteiger partial charge in [-0.05, 0) is 37.1 Å². The Morgan fingerprint density at radius 1 is 1.36 bits per heavy atom. The second-order valence-corrected chi connectivity index (χ2v) is 11.1. The number of hydrogen-bond acceptors (Lipinski definition) is 8. The van der Waals surface area contributed by atoms with Crippen LogP contribution < -0.4 is 10.6 Å². The lowest BCUT2D eigenvalue weighted by atomic mass is 10.1. The molecule has 0 aliphatic carbocycles. The van der Waals surface area contributed by atoms with Crippen LogP contribution in [0, 0.1) is 18.3 Å². The minimum absolute atomic E-state index is 0.245. The number of nitrogens with zero attached hydrogens (tertiary/aromatic N) is 5. The summed E-state index contributed by atoms with van der Waals surface area (Å²) in [6, 6.07) is 5.74. The summed E-state index contributed by atoms with van der Waals surface area (Å²) in [6.45, 7) is 9.12. The van der Waals surface area contributed by atoms with Gasteiger partial charge >= 0.3 is 0 Å². The van der Waals surface area contributed by atoms with Crippen LogP contribution >= 0.6 is 11.3 Å². The molecule has 0 saturated carbocycles. The van der Waals surface area contributed by atoms with Crippen LogP contribution in [0.25, 0.3) is 22.5 Å². The molecule has 186 valence electrons. The van der Waals surface area contributed by atoms with E-state index in [-0.39, 0.29) is 5.76 Å². The molecule has 1 aliphatic rings. The first kappa shape index (κ1) is 24.4. The van der Waals surface area contributed by atoms with Gasteiger partial charge in [-0.25, -0.2) is 18.5 Å². The highest BCUT2D eigenvalue weighted by atomic mass is 32.2. The van der Waals surface area contributed by atoms with E-state index in [1.165, 1.54) is 11.3 Å². The predicted molar refractivity (Wildman–Crippen MR) is 143 cm³/mol. The number of nitriles is 1. The first-order valence-corrected chi connectivity index (χ1v) is 13.8. The summed E-state index contributed by atoms with van der Waals surface area (Å²) in [5.74, 6) is 0.852. The van der Waals surface area contributed by atoms with Crippen LogP contribution in [0.5, 0.6) is 0 Å². The quantitative estimate of drug-likeness (QED) is 0.345. The third-order valence-corrected chi connectivity index (χ3v) is 9.32. The summed E-state index contributed by atoms with van der Waals surface area (Å²) in [6.07, 6.45) is 8.44. The topological polar surface area (TPSA) is 111 Å². The van der Waals surface area contributed by atoms with Crippen LogP contribution in [0.4, 0.5) is 10.8 Å². The molecule has 2 N–H and O–H groups in total. The molecule has 0 saturated heterocycles. The maximum Gasteiger partial charge on any atom is 0.203 e. The Morgan fingerprint density at radius 2 is 2.19 bits per heavy atom. The number of nitrogens with one attached hydrogen (secondary N) is 2. The molecule has 0 radical (unpaired) electrons. The monoisotopic (exact) mass is 521 g/mol. The fourth-order valence-corrected chi connectivity index (χ4v) is 6.91. The van der Waals surface area contributed by atoms with E-state index in [0.717, 1.165) is 69.9 Å². The van der Waals surface area contributed by atoms with Crippen molar-refractivity contribution in [2.45, 2.75) is 31.4 Å². The molecule has 0 fully saturated rings. The lowest BCUT2D eigenvalue weighted by molar-refractivity contribution is 0.490. The van der Waals surface area contributed by atoms with Gasteiger partial charge in [0.2, 0.25) is 5.76 Å². The number of thiophene rings is 1. The number of hydrogen-bond donors (Lipinski definition) is 2. The van der Waals surface area contributed by atoms with Crippen molar-refractivity contribution in [3.63, 3.8) is 0 Å². The van der Waals surface area contributed by atoms with E-state index in [2.05, 4.69) is 21.7 Å². The molecular weight excluding hydrogens is 494 g/mol. The highest BCUT2D eigenvalue weighted by molar-refractivity contribution is 7.85. The summed E-state index contributed by atoms with van der Waals surface area (Å²) < 4.78 is 23.2. The Morgan fingerprint density at radius 3 is 2.89 bits per heavy atom. The molecule has 36 heavy (non-hydrogen) atoms. The number of imidazole rings is 1. The number of rotatable bonds is 8. The fourth-order valence-electron chi connectivity index (χ4n) is 4.20. The molecule has 4 aromatic rings. The second-order valence-electron chi connectivity index (χ2n) is 8.39. The van der Waals surface area contributed by atoms with E-state index in [9.17, 15) is 9.47 Å². The summed E-state index contributed by atoms with van der Waals surface area (Å²) in [5.41, 5.74) is 5.14. The first-order chi connectivity index (χ1) is 17.5. The normalized spacial score (nSPS) is 14.7. The van der Waals surface area contributed by atoms with Crippen molar-refractivity contribution in [2.75, 3.05) is 31.5 Å². The Kier molecular flexibility index (Phi) is 7.02. The minimum atomic E-state index is -1.21. The van der Waals surface area contributed by atoms with Gasteiger partial charge in [-0.3, -0.25) is 4.40 Å². The van der Waals surface area contributed by atoms with Gasteiger partial charge in [-0.2, -0.15) is 5.26 Å². The third-order valence-electron chi connectivity index (χ3n) is 6.07. The molecule has 1 atom stereocenters. The zero-order valence-electron chi connectivity index (χ0n) is 20.4. The average molecular weight is 522 g/mol. The van der Waals surface area contributed by atoms with Crippen LogP contribution in [0.2, 0.25) is 0 Å². The number of aromatic nitrogens is 3. The maximum absolute atomic E-state index is 13.1. The van der Waals surface area contributed by atoms with Gasteiger partial charge in [0.25, 0.3) is 0 Å². The van der Waals surface area contributed by atoms with E-state index in [4.69, 9.17) is 9.40 Å². The summed E-state index contributed by atoms with van der Waals surface area (Å²) in [7, 11) is -1.21. The largest absolute Gasteiger partial charge is 0.453 e. The highest BCUT2D eigenvalue weighted by Crippen LogP contribution is 2.35. The molecule has 11 heteroatoms. The van der Waals surface area contributed by atoms with Crippen molar-refractivity contribution >= 4 is 44.4 Å². The van der Waals surface area contributed by atoms with Crippen molar-refractivity contribution in [3.8, 4) is 17.3 Å². The third kappa shape index (κ3) is 4.60. The molecule has 5 rings (SSSR count). The van der Waals surface area contributed by atoms with E-state index >= 15 is 0 Å². The molecule has 1 aliphatic heterocycles. The number of aryl methyl sites for hydroxylation is 1. The van der Waals surface area contributed by atoms with Crippen molar-refractivity contribution in [2.24, 2.45) is 0 Å². The van der Waals surface area contributed by atoms with Gasteiger partial charge in [-0.1, -0.05) is 19.9 Å². The van der Waals surface area contributed by atoms with Crippen LogP contribution in [0.3, 0.4) is 0 Å². The van der Waals surface area contributed by atoms with Gasteiger partial charge in [0.05, 0.1) is 22.6 Å². The lowest BCUT2D eigenvalue weighted by Crippen LogP contribution is -2.25. The molecule has 9 nitrogen and oxygen atoms in total. The maximum atomic E-state index is 13.1. The standard InChI is InChI=1S/C25H27N7O2S2/c1-4-31(5-2)36(33)25-16(3)9-22(35-25)30-23-24-28-13-21(18-10-19(11-26)34-15-18)32(24)14-20(29-23)17-7-6-8-27-12-17/h7,9-10,13-15,27H,4-6,8,12H2,1-3H3,(H,29,30). The van der Waals surface area contributed by atoms with Crippen molar-refractivity contribution in [1.82, 2.24) is 24.0 Å². The zero-order chi connectivity index (χ0) is 25.2.